The monoisotopic (exact) mass is 481 g/mol. The molecule has 8 heteroatoms. The summed E-state index contributed by atoms with van der Waals surface area (Å²) in [4.78, 5) is 27.9. The summed E-state index contributed by atoms with van der Waals surface area (Å²) in [5, 5.41) is 12.5. The Hall–Kier alpha value is -3.48. The van der Waals surface area contributed by atoms with Crippen LogP contribution in [0, 0.1) is 0 Å². The summed E-state index contributed by atoms with van der Waals surface area (Å²) in [6.07, 6.45) is 1.95. The summed E-state index contributed by atoms with van der Waals surface area (Å²) < 4.78 is 11.2. The number of fused-ring (bicyclic) bond motifs is 1. The lowest BCUT2D eigenvalue weighted by Crippen LogP contribution is -2.32. The number of aliphatic hydroxyl groups is 1. The number of rotatable bonds is 6. The van der Waals surface area contributed by atoms with E-state index in [-0.39, 0.29) is 17.9 Å². The van der Waals surface area contributed by atoms with E-state index in [1.165, 1.54) is 11.2 Å². The smallest absolute Gasteiger partial charge is 0.290 e. The van der Waals surface area contributed by atoms with Crippen molar-refractivity contribution in [1.82, 2.24) is 4.90 Å². The summed E-state index contributed by atoms with van der Waals surface area (Å²) in [5.74, 6) is -1.49. The van der Waals surface area contributed by atoms with E-state index in [0.717, 1.165) is 5.56 Å². The molecule has 1 atom stereocenters. The number of hydrogen-bond acceptors (Lipinski definition) is 5. The molecule has 0 saturated carbocycles. The van der Waals surface area contributed by atoms with E-state index in [1.54, 1.807) is 48.5 Å². The molecule has 3 heterocycles. The molecule has 1 aliphatic rings. The first-order valence-electron chi connectivity index (χ1n) is 10.2. The van der Waals surface area contributed by atoms with Crippen LogP contribution in [-0.2, 0) is 11.2 Å². The highest BCUT2D eigenvalue weighted by Crippen LogP contribution is 2.40. The van der Waals surface area contributed by atoms with Crippen LogP contribution < -0.4 is 0 Å². The lowest BCUT2D eigenvalue weighted by Gasteiger charge is -2.24. The van der Waals surface area contributed by atoms with Crippen LogP contribution in [0.15, 0.2) is 87.1 Å². The third-order valence-electron chi connectivity index (χ3n) is 5.62. The number of aliphatic hydroxyl groups excluding tert-OH is 1. The third kappa shape index (κ3) is 3.92. The van der Waals surface area contributed by atoms with E-state index in [1.807, 2.05) is 12.1 Å². The predicted octanol–water partition coefficient (Wildman–Crippen LogP) is 6.15. The van der Waals surface area contributed by atoms with Gasteiger partial charge < -0.3 is 18.8 Å². The van der Waals surface area contributed by atoms with Crippen LogP contribution in [0.5, 0.6) is 0 Å². The second-order valence-electron chi connectivity index (χ2n) is 7.68. The van der Waals surface area contributed by atoms with Crippen molar-refractivity contribution in [2.24, 2.45) is 0 Å². The largest absolute Gasteiger partial charge is 0.503 e. The van der Waals surface area contributed by atoms with E-state index in [9.17, 15) is 14.7 Å². The minimum atomic E-state index is -0.885. The number of furan rings is 2. The van der Waals surface area contributed by atoms with Crippen LogP contribution in [0.2, 0.25) is 10.0 Å². The first-order valence-corrected chi connectivity index (χ1v) is 10.9. The SMILES string of the molecule is O=C(C1=C(O)C(=O)N(CCc2ccc(Cl)cc2)C1c1ccco1)c1cc2cc(Cl)ccc2o1. The normalized spacial score (nSPS) is 16.2. The fourth-order valence-corrected chi connectivity index (χ4v) is 4.32. The van der Waals surface area contributed by atoms with Gasteiger partial charge in [-0.05, 0) is 60.5 Å². The summed E-state index contributed by atoms with van der Waals surface area (Å²) >= 11 is 12.0. The van der Waals surface area contributed by atoms with Crippen molar-refractivity contribution in [3.63, 3.8) is 0 Å². The number of carbonyl (C=O) groups is 2. The van der Waals surface area contributed by atoms with Crippen molar-refractivity contribution in [3.05, 3.63) is 105 Å². The average Bonchev–Trinajstić information content (AvgIpc) is 3.52. The lowest BCUT2D eigenvalue weighted by atomic mass is 9.99. The highest BCUT2D eigenvalue weighted by molar-refractivity contribution is 6.31. The number of Topliss-reactive ketones (excluding diaryl/α,β-unsaturated/α-hetero) is 1. The van der Waals surface area contributed by atoms with Gasteiger partial charge in [0, 0.05) is 22.0 Å². The van der Waals surface area contributed by atoms with Gasteiger partial charge in [-0.15, -0.1) is 0 Å². The summed E-state index contributed by atoms with van der Waals surface area (Å²) in [6, 6.07) is 16.2. The van der Waals surface area contributed by atoms with E-state index in [0.29, 0.717) is 33.2 Å². The molecule has 1 aliphatic heterocycles. The van der Waals surface area contributed by atoms with Gasteiger partial charge in [-0.3, -0.25) is 9.59 Å². The lowest BCUT2D eigenvalue weighted by molar-refractivity contribution is -0.129. The molecule has 5 rings (SSSR count). The topological polar surface area (TPSA) is 83.9 Å². The second kappa shape index (κ2) is 8.46. The maximum absolute atomic E-state index is 13.4. The van der Waals surface area contributed by atoms with Crippen molar-refractivity contribution in [1.29, 1.82) is 0 Å². The number of halogens is 2. The minimum absolute atomic E-state index is 0.00211. The van der Waals surface area contributed by atoms with Crippen LogP contribution in [0.25, 0.3) is 11.0 Å². The third-order valence-corrected chi connectivity index (χ3v) is 6.10. The molecule has 1 amide bonds. The molecule has 0 fully saturated rings. The van der Waals surface area contributed by atoms with Crippen molar-refractivity contribution in [3.8, 4) is 0 Å². The molecule has 166 valence electrons. The van der Waals surface area contributed by atoms with Gasteiger partial charge in [0.25, 0.3) is 5.91 Å². The molecule has 6 nitrogen and oxygen atoms in total. The molecule has 0 bridgehead atoms. The maximum atomic E-state index is 13.4. The molecule has 0 radical (unpaired) electrons. The van der Waals surface area contributed by atoms with Gasteiger partial charge >= 0.3 is 0 Å². The quantitative estimate of drug-likeness (QED) is 0.333. The summed E-state index contributed by atoms with van der Waals surface area (Å²) in [5.41, 5.74) is 1.34. The van der Waals surface area contributed by atoms with Crippen LogP contribution in [0.4, 0.5) is 0 Å². The van der Waals surface area contributed by atoms with Crippen molar-refractivity contribution < 1.29 is 23.5 Å². The Morgan fingerprint density at radius 3 is 2.52 bits per heavy atom. The first-order chi connectivity index (χ1) is 15.9. The van der Waals surface area contributed by atoms with Crippen LogP contribution in [-0.4, -0.2) is 28.2 Å². The molecular weight excluding hydrogens is 465 g/mol. The zero-order valence-corrected chi connectivity index (χ0v) is 18.6. The Labute approximate surface area is 198 Å². The van der Waals surface area contributed by atoms with Gasteiger partial charge in [0.2, 0.25) is 5.78 Å². The number of nitrogens with zero attached hydrogens (tertiary/aromatic N) is 1. The zero-order valence-electron chi connectivity index (χ0n) is 17.1. The Morgan fingerprint density at radius 1 is 1.03 bits per heavy atom. The standard InChI is InChI=1S/C25H17Cl2NO5/c26-16-5-3-14(4-6-16)9-10-28-22(19-2-1-11-32-19)21(24(30)25(28)31)23(29)20-13-15-12-17(27)7-8-18(15)33-20/h1-8,11-13,22,30H,9-10H2. The number of hydrogen-bond donors (Lipinski definition) is 1. The van der Waals surface area contributed by atoms with Gasteiger partial charge in [0.05, 0.1) is 11.8 Å². The molecule has 1 N–H and O–H groups in total. The van der Waals surface area contributed by atoms with Gasteiger partial charge in [-0.1, -0.05) is 35.3 Å². The van der Waals surface area contributed by atoms with Gasteiger partial charge in [0.15, 0.2) is 11.5 Å². The fraction of sp³-hybridized carbons (Fsp3) is 0.120. The van der Waals surface area contributed by atoms with E-state index in [2.05, 4.69) is 0 Å². The van der Waals surface area contributed by atoms with Crippen LogP contribution >= 0.6 is 23.2 Å². The number of benzene rings is 2. The predicted molar refractivity (Wildman–Crippen MR) is 124 cm³/mol. The minimum Gasteiger partial charge on any atom is -0.503 e. The zero-order chi connectivity index (χ0) is 23.1. The Balaban J connectivity index is 1.50. The van der Waals surface area contributed by atoms with Crippen LogP contribution in [0.1, 0.15) is 27.9 Å². The molecule has 2 aromatic carbocycles. The van der Waals surface area contributed by atoms with Gasteiger partial charge in [-0.2, -0.15) is 0 Å². The van der Waals surface area contributed by atoms with E-state index < -0.39 is 23.5 Å². The Morgan fingerprint density at radius 2 is 1.79 bits per heavy atom. The fourth-order valence-electron chi connectivity index (χ4n) is 4.02. The van der Waals surface area contributed by atoms with Crippen molar-refractivity contribution in [2.45, 2.75) is 12.5 Å². The van der Waals surface area contributed by atoms with Gasteiger partial charge in [0.1, 0.15) is 17.4 Å². The molecule has 4 aromatic rings. The van der Waals surface area contributed by atoms with Crippen molar-refractivity contribution in [2.75, 3.05) is 6.54 Å². The van der Waals surface area contributed by atoms with E-state index >= 15 is 0 Å². The number of ketones is 1. The van der Waals surface area contributed by atoms with Gasteiger partial charge in [-0.25, -0.2) is 0 Å². The molecule has 33 heavy (non-hydrogen) atoms. The van der Waals surface area contributed by atoms with E-state index in [4.69, 9.17) is 32.0 Å². The molecular formula is C25H17Cl2NO5. The first kappa shape index (κ1) is 21.4. The molecule has 0 spiro atoms. The summed E-state index contributed by atoms with van der Waals surface area (Å²) in [6.45, 7) is 0.252. The average molecular weight is 482 g/mol. The highest BCUT2D eigenvalue weighted by atomic mass is 35.5. The Kier molecular flexibility index (Phi) is 5.48. The number of amides is 1. The Bertz CT molecular complexity index is 1390. The highest BCUT2D eigenvalue weighted by Gasteiger charge is 2.45. The molecule has 1 unspecified atom stereocenters. The summed E-state index contributed by atoms with van der Waals surface area (Å²) in [7, 11) is 0. The van der Waals surface area contributed by atoms with Crippen molar-refractivity contribution >= 4 is 45.9 Å². The molecule has 2 aromatic heterocycles. The second-order valence-corrected chi connectivity index (χ2v) is 8.55. The number of carbonyl (C=O) groups excluding carboxylic acids is 2. The molecule has 0 saturated heterocycles. The maximum Gasteiger partial charge on any atom is 0.290 e. The molecule has 0 aliphatic carbocycles. The van der Waals surface area contributed by atoms with Crippen LogP contribution in [0.3, 0.4) is 0 Å².